The van der Waals surface area contributed by atoms with E-state index in [-0.39, 0.29) is 5.41 Å². The molecule has 2 aromatic rings. The van der Waals surface area contributed by atoms with E-state index in [1.807, 2.05) is 24.6 Å². The number of hydrogen-bond acceptors (Lipinski definition) is 4. The molecule has 90 valence electrons. The fourth-order valence-corrected chi connectivity index (χ4v) is 2.11. The maximum atomic E-state index is 4.65. The molecule has 0 aromatic carbocycles. The zero-order chi connectivity index (χ0) is 12.5. The van der Waals surface area contributed by atoms with Crippen LogP contribution in [0.25, 0.3) is 11.4 Å². The van der Waals surface area contributed by atoms with Crippen molar-refractivity contribution in [3.63, 3.8) is 0 Å². The van der Waals surface area contributed by atoms with Crippen LogP contribution >= 0.6 is 11.3 Å². The zero-order valence-electron chi connectivity index (χ0n) is 10.6. The van der Waals surface area contributed by atoms with E-state index in [0.29, 0.717) is 0 Å². The summed E-state index contributed by atoms with van der Waals surface area (Å²) in [4.78, 5) is 9.14. The lowest BCUT2D eigenvalue weighted by atomic mass is 9.92. The zero-order valence-corrected chi connectivity index (χ0v) is 11.4. The molecule has 2 rings (SSSR count). The highest BCUT2D eigenvalue weighted by Crippen LogP contribution is 2.26. The standard InChI is InChI=1S/C13H17N3S/c1-13(2,3)10-7-11(14-4)16-12(15-10)9-5-6-17-8-9/h5-8H,1-4H3,(H,14,15,16). The molecule has 0 unspecified atom stereocenters. The molecule has 0 saturated heterocycles. The average molecular weight is 247 g/mol. The van der Waals surface area contributed by atoms with E-state index >= 15 is 0 Å². The lowest BCUT2D eigenvalue weighted by Gasteiger charge is -2.19. The Morgan fingerprint density at radius 3 is 2.53 bits per heavy atom. The average Bonchev–Trinajstić information content (AvgIpc) is 2.80. The molecule has 3 nitrogen and oxygen atoms in total. The van der Waals surface area contributed by atoms with E-state index in [1.165, 1.54) is 0 Å². The van der Waals surface area contributed by atoms with E-state index in [4.69, 9.17) is 0 Å². The number of nitrogens with zero attached hydrogens (tertiary/aromatic N) is 2. The predicted molar refractivity (Wildman–Crippen MR) is 73.6 cm³/mol. The second kappa shape index (κ2) is 4.45. The van der Waals surface area contributed by atoms with Gasteiger partial charge in [0.25, 0.3) is 0 Å². The second-order valence-corrected chi connectivity index (χ2v) is 5.75. The number of aromatic nitrogens is 2. The van der Waals surface area contributed by atoms with Crippen molar-refractivity contribution in [2.75, 3.05) is 12.4 Å². The molecule has 0 atom stereocenters. The van der Waals surface area contributed by atoms with Crippen LogP contribution in [0, 0.1) is 0 Å². The highest BCUT2D eigenvalue weighted by molar-refractivity contribution is 7.08. The first-order valence-corrected chi connectivity index (χ1v) is 6.55. The van der Waals surface area contributed by atoms with Gasteiger partial charge in [-0.2, -0.15) is 11.3 Å². The highest BCUT2D eigenvalue weighted by atomic mass is 32.1. The monoisotopic (exact) mass is 247 g/mol. The van der Waals surface area contributed by atoms with Crippen molar-refractivity contribution in [2.24, 2.45) is 0 Å². The third-order valence-electron chi connectivity index (χ3n) is 2.53. The summed E-state index contributed by atoms with van der Waals surface area (Å²) in [6.45, 7) is 6.48. The molecule has 0 aliphatic carbocycles. The lowest BCUT2D eigenvalue weighted by molar-refractivity contribution is 0.568. The minimum Gasteiger partial charge on any atom is -0.373 e. The molecule has 0 aliphatic heterocycles. The molecule has 2 aromatic heterocycles. The second-order valence-electron chi connectivity index (χ2n) is 4.97. The molecule has 0 saturated carbocycles. The van der Waals surface area contributed by atoms with Gasteiger partial charge < -0.3 is 5.32 Å². The molecule has 0 amide bonds. The van der Waals surface area contributed by atoms with Gasteiger partial charge in [0.15, 0.2) is 5.82 Å². The van der Waals surface area contributed by atoms with Gasteiger partial charge in [-0.25, -0.2) is 9.97 Å². The topological polar surface area (TPSA) is 37.8 Å². The minimum atomic E-state index is 0.0271. The Labute approximate surface area is 106 Å². The molecule has 0 fully saturated rings. The Morgan fingerprint density at radius 2 is 2.00 bits per heavy atom. The van der Waals surface area contributed by atoms with Crippen LogP contribution in [0.3, 0.4) is 0 Å². The van der Waals surface area contributed by atoms with Gasteiger partial charge in [0.05, 0.1) is 5.69 Å². The van der Waals surface area contributed by atoms with E-state index in [2.05, 4.69) is 41.4 Å². The van der Waals surface area contributed by atoms with Crippen LogP contribution in [0.4, 0.5) is 5.82 Å². The molecule has 1 N–H and O–H groups in total. The molecular weight excluding hydrogens is 230 g/mol. The van der Waals surface area contributed by atoms with Crippen LogP contribution in [0.1, 0.15) is 26.5 Å². The van der Waals surface area contributed by atoms with Gasteiger partial charge in [0.1, 0.15) is 5.82 Å². The molecule has 0 radical (unpaired) electrons. The molecule has 0 spiro atoms. The Bertz CT molecular complexity index is 498. The normalized spacial score (nSPS) is 11.5. The van der Waals surface area contributed by atoms with Crippen LogP contribution in [-0.4, -0.2) is 17.0 Å². The van der Waals surface area contributed by atoms with Crippen LogP contribution in [0.5, 0.6) is 0 Å². The number of rotatable bonds is 2. The predicted octanol–water partition coefficient (Wildman–Crippen LogP) is 3.54. The highest BCUT2D eigenvalue weighted by Gasteiger charge is 2.18. The van der Waals surface area contributed by atoms with Crippen molar-refractivity contribution >= 4 is 17.2 Å². The van der Waals surface area contributed by atoms with Crippen LogP contribution < -0.4 is 5.32 Å². The van der Waals surface area contributed by atoms with Gasteiger partial charge in [0.2, 0.25) is 0 Å². The molecular formula is C13H17N3S. The maximum Gasteiger partial charge on any atom is 0.162 e. The Kier molecular flexibility index (Phi) is 3.15. The number of thiophene rings is 1. The largest absolute Gasteiger partial charge is 0.373 e. The smallest absolute Gasteiger partial charge is 0.162 e. The van der Waals surface area contributed by atoms with Crippen LogP contribution in [-0.2, 0) is 5.41 Å². The molecule has 2 heterocycles. The van der Waals surface area contributed by atoms with Crippen molar-refractivity contribution in [1.29, 1.82) is 0 Å². The van der Waals surface area contributed by atoms with Crippen molar-refractivity contribution in [1.82, 2.24) is 9.97 Å². The maximum absolute atomic E-state index is 4.65. The van der Waals surface area contributed by atoms with Crippen molar-refractivity contribution < 1.29 is 0 Å². The first-order chi connectivity index (χ1) is 8.00. The fraction of sp³-hybridized carbons (Fsp3) is 0.385. The van der Waals surface area contributed by atoms with E-state index < -0.39 is 0 Å². The molecule has 0 bridgehead atoms. The lowest BCUT2D eigenvalue weighted by Crippen LogP contribution is -2.15. The van der Waals surface area contributed by atoms with Crippen molar-refractivity contribution in [3.05, 3.63) is 28.6 Å². The number of hydrogen-bond donors (Lipinski definition) is 1. The summed E-state index contributed by atoms with van der Waals surface area (Å²) in [5.41, 5.74) is 2.16. The summed E-state index contributed by atoms with van der Waals surface area (Å²) in [6, 6.07) is 4.06. The van der Waals surface area contributed by atoms with Gasteiger partial charge in [-0.15, -0.1) is 0 Å². The van der Waals surface area contributed by atoms with Crippen LogP contribution in [0.15, 0.2) is 22.9 Å². The Hall–Kier alpha value is -1.42. The van der Waals surface area contributed by atoms with Crippen molar-refractivity contribution in [3.8, 4) is 11.4 Å². The van der Waals surface area contributed by atoms with Gasteiger partial charge in [-0.05, 0) is 11.4 Å². The summed E-state index contributed by atoms with van der Waals surface area (Å²) in [5, 5.41) is 7.21. The molecule has 17 heavy (non-hydrogen) atoms. The third kappa shape index (κ3) is 2.64. The van der Waals surface area contributed by atoms with Crippen LogP contribution in [0.2, 0.25) is 0 Å². The van der Waals surface area contributed by atoms with Gasteiger partial charge in [-0.1, -0.05) is 20.8 Å². The van der Waals surface area contributed by atoms with E-state index in [9.17, 15) is 0 Å². The van der Waals surface area contributed by atoms with Gasteiger partial charge in [0, 0.05) is 29.5 Å². The Morgan fingerprint density at radius 1 is 1.24 bits per heavy atom. The number of anilines is 1. The van der Waals surface area contributed by atoms with Gasteiger partial charge in [-0.3, -0.25) is 0 Å². The van der Waals surface area contributed by atoms with E-state index in [0.717, 1.165) is 22.9 Å². The first-order valence-electron chi connectivity index (χ1n) is 5.60. The fourth-order valence-electron chi connectivity index (χ4n) is 1.48. The third-order valence-corrected chi connectivity index (χ3v) is 3.21. The summed E-state index contributed by atoms with van der Waals surface area (Å²) in [5.74, 6) is 1.66. The quantitative estimate of drug-likeness (QED) is 0.882. The van der Waals surface area contributed by atoms with E-state index in [1.54, 1.807) is 11.3 Å². The van der Waals surface area contributed by atoms with Crippen molar-refractivity contribution in [2.45, 2.75) is 26.2 Å². The first kappa shape index (κ1) is 12.0. The molecule has 4 heteroatoms. The number of nitrogens with one attached hydrogen (secondary N) is 1. The minimum absolute atomic E-state index is 0.0271. The summed E-state index contributed by atoms with van der Waals surface area (Å²) < 4.78 is 0. The summed E-state index contributed by atoms with van der Waals surface area (Å²) in [7, 11) is 1.88. The Balaban J connectivity index is 2.54. The molecule has 0 aliphatic rings. The SMILES string of the molecule is CNc1cc(C(C)(C)C)nc(-c2ccsc2)n1. The van der Waals surface area contributed by atoms with Gasteiger partial charge >= 0.3 is 0 Å². The summed E-state index contributed by atoms with van der Waals surface area (Å²) in [6.07, 6.45) is 0. The summed E-state index contributed by atoms with van der Waals surface area (Å²) >= 11 is 1.66.